The van der Waals surface area contributed by atoms with E-state index in [0.717, 1.165) is 5.39 Å². The van der Waals surface area contributed by atoms with Gasteiger partial charge in [-0.1, -0.05) is 23.7 Å². The third kappa shape index (κ3) is 3.23. The van der Waals surface area contributed by atoms with Gasteiger partial charge in [0, 0.05) is 18.1 Å². The molecule has 7 heteroatoms. The van der Waals surface area contributed by atoms with E-state index in [0.29, 0.717) is 39.4 Å². The highest BCUT2D eigenvalue weighted by atomic mass is 35.5. The summed E-state index contributed by atoms with van der Waals surface area (Å²) in [5, 5.41) is 1.79. The lowest BCUT2D eigenvalue weighted by atomic mass is 10.1. The number of amides is 1. The zero-order chi connectivity index (χ0) is 19.7. The van der Waals surface area contributed by atoms with Crippen LogP contribution in [-0.4, -0.2) is 32.3 Å². The van der Waals surface area contributed by atoms with Crippen LogP contribution >= 0.6 is 11.6 Å². The van der Waals surface area contributed by atoms with Crippen LogP contribution in [0.15, 0.2) is 59.5 Å². The molecule has 1 amide bonds. The van der Waals surface area contributed by atoms with Gasteiger partial charge in [0.25, 0.3) is 11.5 Å². The number of nitrogens with one attached hydrogen (secondary N) is 1. The largest absolute Gasteiger partial charge is 0.331 e. The minimum absolute atomic E-state index is 0.187. The fourth-order valence-electron chi connectivity index (χ4n) is 3.20. The molecule has 4 aromatic rings. The molecule has 140 valence electrons. The fourth-order valence-corrected chi connectivity index (χ4v) is 3.41. The molecule has 1 N–H and O–H groups in total. The number of carbonyl (C=O) groups excluding carboxylic acids is 1. The molecule has 0 saturated heterocycles. The van der Waals surface area contributed by atoms with Crippen molar-refractivity contribution < 1.29 is 4.79 Å². The summed E-state index contributed by atoms with van der Waals surface area (Å²) in [7, 11) is 0. The van der Waals surface area contributed by atoms with Gasteiger partial charge in [-0.05, 0) is 43.3 Å². The summed E-state index contributed by atoms with van der Waals surface area (Å²) in [5.41, 5.74) is 1.40. The standard InChI is InChI=1S/C21H17ClN4O2/c1-2-26(12-18-24-17-8-4-3-6-14(17)20(27)25-18)21(28)15-9-10-16(22)13-7-5-11-23-19(13)15/h3-11H,2,12H2,1H3,(H,24,25,27). The molecule has 28 heavy (non-hydrogen) atoms. The van der Waals surface area contributed by atoms with Gasteiger partial charge < -0.3 is 9.88 Å². The molecule has 0 bridgehead atoms. The molecule has 0 aliphatic rings. The third-order valence-electron chi connectivity index (χ3n) is 4.62. The van der Waals surface area contributed by atoms with E-state index in [4.69, 9.17) is 11.6 Å². The molecule has 2 aromatic carbocycles. The number of benzene rings is 2. The Morgan fingerprint density at radius 3 is 2.71 bits per heavy atom. The molecular weight excluding hydrogens is 376 g/mol. The molecule has 2 heterocycles. The summed E-state index contributed by atoms with van der Waals surface area (Å²) in [6.07, 6.45) is 1.63. The first-order valence-corrected chi connectivity index (χ1v) is 9.26. The van der Waals surface area contributed by atoms with Crippen LogP contribution < -0.4 is 5.56 Å². The summed E-state index contributed by atoms with van der Waals surface area (Å²) in [6, 6.07) is 14.1. The van der Waals surface area contributed by atoms with Crippen LogP contribution in [0.3, 0.4) is 0 Å². The molecule has 0 radical (unpaired) electrons. The van der Waals surface area contributed by atoms with Crippen LogP contribution in [0.25, 0.3) is 21.8 Å². The summed E-state index contributed by atoms with van der Waals surface area (Å²) < 4.78 is 0. The lowest BCUT2D eigenvalue weighted by Gasteiger charge is -2.21. The number of para-hydroxylation sites is 1. The Bertz CT molecular complexity index is 1250. The molecule has 0 fully saturated rings. The topological polar surface area (TPSA) is 79.0 Å². The van der Waals surface area contributed by atoms with Crippen LogP contribution in [0.5, 0.6) is 0 Å². The van der Waals surface area contributed by atoms with Crippen molar-refractivity contribution in [3.63, 3.8) is 0 Å². The van der Waals surface area contributed by atoms with Gasteiger partial charge in [0.15, 0.2) is 0 Å². The van der Waals surface area contributed by atoms with Gasteiger partial charge in [0.1, 0.15) is 5.82 Å². The molecule has 0 atom stereocenters. The number of aromatic nitrogens is 3. The number of nitrogens with zero attached hydrogens (tertiary/aromatic N) is 3. The van der Waals surface area contributed by atoms with E-state index in [9.17, 15) is 9.59 Å². The van der Waals surface area contributed by atoms with Crippen LogP contribution in [0.4, 0.5) is 0 Å². The zero-order valence-corrected chi connectivity index (χ0v) is 15.9. The number of H-pyrrole nitrogens is 1. The van der Waals surface area contributed by atoms with E-state index in [1.807, 2.05) is 19.1 Å². The second-order valence-electron chi connectivity index (χ2n) is 6.34. The SMILES string of the molecule is CCN(Cc1nc2ccccc2c(=O)[nH]1)C(=O)c1ccc(Cl)c2cccnc12. The van der Waals surface area contributed by atoms with Crippen molar-refractivity contribution in [2.24, 2.45) is 0 Å². The second kappa shape index (κ2) is 7.40. The van der Waals surface area contributed by atoms with E-state index in [-0.39, 0.29) is 18.0 Å². The number of carbonyl (C=O) groups is 1. The van der Waals surface area contributed by atoms with Crippen molar-refractivity contribution in [2.45, 2.75) is 13.5 Å². The van der Waals surface area contributed by atoms with E-state index in [2.05, 4.69) is 15.0 Å². The monoisotopic (exact) mass is 392 g/mol. The van der Waals surface area contributed by atoms with Crippen molar-refractivity contribution in [1.29, 1.82) is 0 Å². The predicted octanol–water partition coefficient (Wildman–Crippen LogP) is 3.79. The lowest BCUT2D eigenvalue weighted by molar-refractivity contribution is 0.0750. The van der Waals surface area contributed by atoms with Gasteiger partial charge in [-0.2, -0.15) is 0 Å². The van der Waals surface area contributed by atoms with E-state index >= 15 is 0 Å². The Kier molecular flexibility index (Phi) is 4.79. The highest BCUT2D eigenvalue weighted by Crippen LogP contribution is 2.26. The Morgan fingerprint density at radius 2 is 1.89 bits per heavy atom. The van der Waals surface area contributed by atoms with Crippen LogP contribution in [-0.2, 0) is 6.54 Å². The highest BCUT2D eigenvalue weighted by molar-refractivity contribution is 6.36. The smallest absolute Gasteiger partial charge is 0.258 e. The average Bonchev–Trinajstić information content (AvgIpc) is 2.72. The molecule has 0 aliphatic heterocycles. The Labute approximate surface area is 165 Å². The van der Waals surface area contributed by atoms with Crippen molar-refractivity contribution in [3.8, 4) is 0 Å². The second-order valence-corrected chi connectivity index (χ2v) is 6.75. The first-order valence-electron chi connectivity index (χ1n) is 8.89. The van der Waals surface area contributed by atoms with Gasteiger partial charge in [-0.3, -0.25) is 14.6 Å². The maximum atomic E-state index is 13.2. The first-order chi connectivity index (χ1) is 13.6. The normalized spacial score (nSPS) is 11.1. The minimum atomic E-state index is -0.220. The highest BCUT2D eigenvalue weighted by Gasteiger charge is 2.20. The average molecular weight is 393 g/mol. The number of halogens is 1. The summed E-state index contributed by atoms with van der Waals surface area (Å²) in [5.74, 6) is 0.240. The molecule has 4 rings (SSSR count). The number of aromatic amines is 1. The Balaban J connectivity index is 1.71. The van der Waals surface area contributed by atoms with Crippen molar-refractivity contribution in [1.82, 2.24) is 19.9 Å². The number of rotatable bonds is 4. The maximum absolute atomic E-state index is 13.2. The molecule has 0 unspecified atom stereocenters. The van der Waals surface area contributed by atoms with Crippen LogP contribution in [0, 0.1) is 0 Å². The number of hydrogen-bond acceptors (Lipinski definition) is 4. The lowest BCUT2D eigenvalue weighted by Crippen LogP contribution is -2.32. The van der Waals surface area contributed by atoms with Crippen molar-refractivity contribution in [2.75, 3.05) is 6.54 Å². The summed E-state index contributed by atoms with van der Waals surface area (Å²) >= 11 is 6.24. The van der Waals surface area contributed by atoms with Gasteiger partial charge in [-0.15, -0.1) is 0 Å². The van der Waals surface area contributed by atoms with E-state index < -0.39 is 0 Å². The molecule has 6 nitrogen and oxygen atoms in total. The molecule has 0 saturated carbocycles. The molecule has 2 aromatic heterocycles. The number of pyridine rings is 1. The Hall–Kier alpha value is -3.25. The Morgan fingerprint density at radius 1 is 1.11 bits per heavy atom. The predicted molar refractivity (Wildman–Crippen MR) is 110 cm³/mol. The van der Waals surface area contributed by atoms with E-state index in [1.165, 1.54) is 0 Å². The summed E-state index contributed by atoms with van der Waals surface area (Å²) in [6.45, 7) is 2.52. The van der Waals surface area contributed by atoms with Gasteiger partial charge in [0.2, 0.25) is 0 Å². The third-order valence-corrected chi connectivity index (χ3v) is 4.95. The summed E-state index contributed by atoms with van der Waals surface area (Å²) in [4.78, 5) is 38.7. The molecular formula is C21H17ClN4O2. The van der Waals surface area contributed by atoms with Gasteiger partial charge in [-0.25, -0.2) is 4.98 Å². The first kappa shape index (κ1) is 18.1. The van der Waals surface area contributed by atoms with Crippen molar-refractivity contribution in [3.05, 3.63) is 81.5 Å². The van der Waals surface area contributed by atoms with Crippen molar-refractivity contribution >= 4 is 39.3 Å². The zero-order valence-electron chi connectivity index (χ0n) is 15.1. The molecule has 0 aliphatic carbocycles. The van der Waals surface area contributed by atoms with Crippen LogP contribution in [0.1, 0.15) is 23.1 Å². The quantitative estimate of drug-likeness (QED) is 0.573. The fraction of sp³-hybridized carbons (Fsp3) is 0.143. The van der Waals surface area contributed by atoms with E-state index in [1.54, 1.807) is 47.5 Å². The van der Waals surface area contributed by atoms with Gasteiger partial charge in [0.05, 0.1) is 33.6 Å². The van der Waals surface area contributed by atoms with Crippen LogP contribution in [0.2, 0.25) is 5.02 Å². The maximum Gasteiger partial charge on any atom is 0.258 e. The minimum Gasteiger partial charge on any atom is -0.331 e. The number of fused-ring (bicyclic) bond motifs is 2. The number of hydrogen-bond donors (Lipinski definition) is 1. The van der Waals surface area contributed by atoms with Gasteiger partial charge >= 0.3 is 0 Å². The molecule has 0 spiro atoms.